The fourth-order valence-electron chi connectivity index (χ4n) is 5.78. The number of methoxy groups -OCH3 is 1. The van der Waals surface area contributed by atoms with Gasteiger partial charge in [0.1, 0.15) is 11.9 Å². The number of ether oxygens (including phenoxy) is 2. The molecule has 0 bridgehead atoms. The number of ketones is 1. The Kier molecular flexibility index (Phi) is 16.1. The van der Waals surface area contributed by atoms with Crippen LogP contribution in [0.3, 0.4) is 0 Å². The highest BCUT2D eigenvalue weighted by Crippen LogP contribution is 2.38. The van der Waals surface area contributed by atoms with Crippen molar-refractivity contribution in [1.82, 2.24) is 0 Å². The van der Waals surface area contributed by atoms with E-state index in [1.807, 2.05) is 42.5 Å². The van der Waals surface area contributed by atoms with Crippen molar-refractivity contribution in [2.24, 2.45) is 0 Å². The molecule has 1 unspecified atom stereocenters. The van der Waals surface area contributed by atoms with Crippen molar-refractivity contribution in [1.29, 1.82) is 0 Å². The molecule has 3 aromatic rings. The third kappa shape index (κ3) is 12.4. The molecule has 0 aliphatic carbocycles. The molecule has 276 valence electrons. The lowest BCUT2D eigenvalue weighted by Gasteiger charge is -2.44. The summed E-state index contributed by atoms with van der Waals surface area (Å²) in [5.74, 6) is 0.828. The molecule has 0 heterocycles. The molecule has 0 N–H and O–H groups in total. The highest BCUT2D eigenvalue weighted by molar-refractivity contribution is 6.99. The van der Waals surface area contributed by atoms with E-state index in [4.69, 9.17) is 18.3 Å². The van der Waals surface area contributed by atoms with Crippen LogP contribution in [0.5, 0.6) is 5.75 Å². The van der Waals surface area contributed by atoms with E-state index in [9.17, 15) is 4.79 Å². The van der Waals surface area contributed by atoms with E-state index in [-0.39, 0.29) is 15.9 Å². The van der Waals surface area contributed by atoms with Crippen LogP contribution in [0.2, 0.25) is 23.2 Å². The van der Waals surface area contributed by atoms with Crippen molar-refractivity contribution in [3.63, 3.8) is 0 Å². The van der Waals surface area contributed by atoms with Crippen molar-refractivity contribution in [3.8, 4) is 5.75 Å². The van der Waals surface area contributed by atoms with Gasteiger partial charge in [-0.15, -0.1) is 0 Å². The van der Waals surface area contributed by atoms with Gasteiger partial charge in [-0.25, -0.2) is 0 Å². The van der Waals surface area contributed by atoms with Crippen LogP contribution in [-0.2, 0) is 25.0 Å². The Morgan fingerprint density at radius 2 is 1.35 bits per heavy atom. The van der Waals surface area contributed by atoms with Gasteiger partial charge in [0.05, 0.1) is 26.9 Å². The summed E-state index contributed by atoms with van der Waals surface area (Å²) >= 11 is 0. The smallest absolute Gasteiger partial charge is 0.262 e. The van der Waals surface area contributed by atoms with Crippen molar-refractivity contribution < 1.29 is 23.1 Å². The second-order valence-corrected chi connectivity index (χ2v) is 24.8. The first-order valence-electron chi connectivity index (χ1n) is 18.3. The van der Waals surface area contributed by atoms with Gasteiger partial charge in [-0.2, -0.15) is 0 Å². The van der Waals surface area contributed by atoms with Crippen LogP contribution < -0.4 is 15.1 Å². The molecule has 0 aromatic heterocycles. The number of rotatable bonds is 19. The zero-order valence-electron chi connectivity index (χ0n) is 32.8. The van der Waals surface area contributed by atoms with Gasteiger partial charge in [0.2, 0.25) is 0 Å². The Hall–Kier alpha value is -3.34. The van der Waals surface area contributed by atoms with E-state index in [0.29, 0.717) is 32.7 Å². The fraction of sp³-hybridized carbons (Fsp3) is 0.432. The summed E-state index contributed by atoms with van der Waals surface area (Å²) in [6.45, 7) is 21.6. The highest BCUT2D eigenvalue weighted by Gasteiger charge is 2.52. The first kappa shape index (κ1) is 42.1. The van der Waals surface area contributed by atoms with Gasteiger partial charge in [0.25, 0.3) is 8.32 Å². The quantitative estimate of drug-likeness (QED) is 0.0533. The molecule has 0 aliphatic heterocycles. The van der Waals surface area contributed by atoms with E-state index in [0.717, 1.165) is 28.1 Å². The summed E-state index contributed by atoms with van der Waals surface area (Å²) in [6.07, 6.45) is 11.6. The minimum Gasteiger partial charge on any atom is -0.497 e. The van der Waals surface area contributed by atoms with Gasteiger partial charge in [-0.05, 0) is 83.5 Å². The molecule has 0 aliphatic rings. The predicted molar refractivity (Wildman–Crippen MR) is 219 cm³/mol. The zero-order chi connectivity index (χ0) is 37.5. The molecule has 0 spiro atoms. The van der Waals surface area contributed by atoms with Gasteiger partial charge in [0, 0.05) is 0 Å². The Morgan fingerprint density at radius 1 is 0.765 bits per heavy atom. The number of hydrogen-bond donors (Lipinski definition) is 0. The first-order valence-corrected chi connectivity index (χ1v) is 23.1. The third-order valence-electron chi connectivity index (χ3n) is 9.81. The highest BCUT2D eigenvalue weighted by atomic mass is 28.4. The molecule has 0 amide bonds. The summed E-state index contributed by atoms with van der Waals surface area (Å²) < 4.78 is 24.8. The molecular weight excluding hydrogens is 665 g/mol. The van der Waals surface area contributed by atoms with E-state index in [1.54, 1.807) is 13.2 Å². The standard InChI is InChI=1S/C44H62O5Si2/c1-36(22-19-33-47-35-37-29-31-38(46-8)32-30-37)21-17-18-28-42(41(45)27-20-34-48-50(9,10)43(2,3)4)49-51(44(5,6)7,39-23-13-11-14-24-39)40-25-15-12-16-26-40/h11-17,20-27,29-32,42H,18-19,28,33-35H2,1-10H3/b21-17+,27-20-,36-22+. The molecule has 3 rings (SSSR count). The van der Waals surface area contributed by atoms with Crippen molar-refractivity contribution in [2.75, 3.05) is 20.3 Å². The molecule has 0 saturated carbocycles. The zero-order valence-corrected chi connectivity index (χ0v) is 34.8. The lowest BCUT2D eigenvalue weighted by Crippen LogP contribution is -2.68. The lowest BCUT2D eigenvalue weighted by atomic mass is 10.1. The fourth-order valence-corrected chi connectivity index (χ4v) is 11.4. The number of benzene rings is 3. The SMILES string of the molecule is COc1ccc(COCC/C=C(C)/C=C/CCC(O[Si](c2ccccc2)(c2ccccc2)C(C)(C)C)C(=O)/C=C\CO[Si](C)(C)C(C)(C)C)cc1. The van der Waals surface area contributed by atoms with Crippen LogP contribution in [0, 0.1) is 0 Å². The summed E-state index contributed by atoms with van der Waals surface area (Å²) in [4.78, 5) is 14.1. The van der Waals surface area contributed by atoms with Crippen molar-refractivity contribution in [2.45, 2.75) is 104 Å². The first-order chi connectivity index (χ1) is 24.1. The number of allylic oxidation sites excluding steroid dienone is 3. The summed E-state index contributed by atoms with van der Waals surface area (Å²) in [7, 11) is -3.22. The van der Waals surface area contributed by atoms with Crippen LogP contribution >= 0.6 is 0 Å². The largest absolute Gasteiger partial charge is 0.497 e. The molecule has 0 saturated heterocycles. The topological polar surface area (TPSA) is 54.0 Å². The van der Waals surface area contributed by atoms with Gasteiger partial charge < -0.3 is 18.3 Å². The van der Waals surface area contributed by atoms with Crippen LogP contribution in [0.15, 0.2) is 121 Å². The minimum absolute atomic E-state index is 0.0171. The van der Waals surface area contributed by atoms with Crippen LogP contribution in [0.1, 0.15) is 73.3 Å². The average molecular weight is 727 g/mol. The minimum atomic E-state index is -2.95. The Labute approximate surface area is 311 Å². The van der Waals surface area contributed by atoms with Crippen LogP contribution in [0.4, 0.5) is 0 Å². The van der Waals surface area contributed by atoms with Crippen molar-refractivity contribution in [3.05, 3.63) is 126 Å². The van der Waals surface area contributed by atoms with Gasteiger partial charge in [0.15, 0.2) is 14.1 Å². The van der Waals surface area contributed by atoms with E-state index < -0.39 is 22.7 Å². The summed E-state index contributed by atoms with van der Waals surface area (Å²) in [5.41, 5.74) is 2.29. The van der Waals surface area contributed by atoms with Gasteiger partial charge >= 0.3 is 0 Å². The molecule has 7 heteroatoms. The molecular formula is C44H62O5Si2. The second-order valence-electron chi connectivity index (χ2n) is 15.8. The lowest BCUT2D eigenvalue weighted by molar-refractivity contribution is -0.121. The van der Waals surface area contributed by atoms with Crippen LogP contribution in [-0.4, -0.2) is 48.8 Å². The predicted octanol–water partition coefficient (Wildman–Crippen LogP) is 9.98. The monoisotopic (exact) mass is 726 g/mol. The summed E-state index contributed by atoms with van der Waals surface area (Å²) in [5, 5.41) is 2.18. The maximum Gasteiger partial charge on any atom is 0.262 e. The van der Waals surface area contributed by atoms with Crippen molar-refractivity contribution >= 4 is 32.8 Å². The Morgan fingerprint density at radius 3 is 1.88 bits per heavy atom. The summed E-state index contributed by atoms with van der Waals surface area (Å²) in [6, 6.07) is 29.0. The maximum atomic E-state index is 14.1. The van der Waals surface area contributed by atoms with E-state index in [2.05, 4.69) is 128 Å². The molecule has 51 heavy (non-hydrogen) atoms. The Balaban J connectivity index is 1.78. The third-order valence-corrected chi connectivity index (χ3v) is 19.4. The molecule has 3 aromatic carbocycles. The number of hydrogen-bond acceptors (Lipinski definition) is 5. The molecule has 1 atom stereocenters. The van der Waals surface area contributed by atoms with Gasteiger partial charge in [-0.3, -0.25) is 4.79 Å². The van der Waals surface area contributed by atoms with Crippen LogP contribution in [0.25, 0.3) is 0 Å². The Bertz CT molecular complexity index is 1520. The number of carbonyl (C=O) groups excluding carboxylic acids is 1. The second kappa shape index (κ2) is 19.5. The molecule has 0 radical (unpaired) electrons. The van der Waals surface area contributed by atoms with E-state index in [1.165, 1.54) is 5.57 Å². The molecule has 5 nitrogen and oxygen atoms in total. The number of carbonyl (C=O) groups is 1. The molecule has 0 fully saturated rings. The average Bonchev–Trinajstić information content (AvgIpc) is 3.09. The van der Waals surface area contributed by atoms with E-state index >= 15 is 0 Å². The van der Waals surface area contributed by atoms with Gasteiger partial charge in [-0.1, -0.05) is 144 Å². The maximum absolute atomic E-state index is 14.1. The normalized spacial score (nSPS) is 14.0.